The largest absolute Gasteiger partial charge is 0.396 e. The van der Waals surface area contributed by atoms with E-state index in [1.54, 1.807) is 13.8 Å². The van der Waals surface area contributed by atoms with Gasteiger partial charge in [0, 0.05) is 137 Å². The Balaban J connectivity index is 0.00000154. The molecule has 0 aliphatic heterocycles. The molecule has 0 radical (unpaired) electrons. The molecule has 10 amide bonds. The van der Waals surface area contributed by atoms with Gasteiger partial charge in [0.1, 0.15) is 23.9 Å². The molecule has 43 heteroatoms. The summed E-state index contributed by atoms with van der Waals surface area (Å²) < 4.78 is 0. The number of nitrogens with two attached hydrogens (primary N) is 9. The molecule has 842 valence electrons. The van der Waals surface area contributed by atoms with Crippen molar-refractivity contribution < 1.29 is 102 Å². The molecule has 15 atom stereocenters. The zero-order valence-corrected chi connectivity index (χ0v) is 89.7. The molecule has 43 nitrogen and oxygen atoms in total. The minimum absolute atomic E-state index is 0.00498. The second-order valence-corrected chi connectivity index (χ2v) is 40.4. The van der Waals surface area contributed by atoms with Crippen LogP contribution in [0.25, 0.3) is 0 Å². The fourth-order valence-electron chi connectivity index (χ4n) is 17.5. The van der Waals surface area contributed by atoms with Crippen molar-refractivity contribution in [1.29, 1.82) is 0 Å². The van der Waals surface area contributed by atoms with E-state index in [1.165, 1.54) is 89.8 Å². The van der Waals surface area contributed by atoms with Crippen LogP contribution in [-0.2, 0) is 99.1 Å². The lowest BCUT2D eigenvalue weighted by atomic mass is 9.88. The molecule has 0 unspecified atom stereocenters. The van der Waals surface area contributed by atoms with E-state index < -0.39 is 210 Å². The number of aliphatic hydroxyl groups is 3. The second kappa shape index (κ2) is 81.3. The molecule has 0 aliphatic rings. The SMILES string of the molecule is CC(C)C[C@H](CC(=O)[C@H](C)NC(=O)[C@H](CCCCN)CC(=O)[C@H](CCCN=C(N)N)NC(=O)[C@H](CCCCN)CC(=O)[C@H](CCC(N)=O)NC(=O)[C@@H](CC(=O)CNC(=O)[C@@H](C)CCCCN)Cc1cnc[nH]1)C(=O)N[C@@H](CCCCN)C(N)=O.CCCCCCCCCCCCCCCC(=O)C[C@@H](CO)C(=O)N[C@@H](CCCCN)C(=O)C[C@@H](CC(C)C)C(=O)N[C@@H](CO)C(=O)C[C@@H](Cc1cnc[nH]1)C(=O)N[C@@H](CO)C(=O)CC. The summed E-state index contributed by atoms with van der Waals surface area (Å²) >= 11 is 0. The maximum absolute atomic E-state index is 14.5. The zero-order chi connectivity index (χ0) is 111. The smallest absolute Gasteiger partial charge is 0.239 e. The first-order chi connectivity index (χ1) is 70.6. The van der Waals surface area contributed by atoms with Gasteiger partial charge < -0.3 is 119 Å². The van der Waals surface area contributed by atoms with Crippen molar-refractivity contribution in [2.45, 2.75) is 387 Å². The van der Waals surface area contributed by atoms with Crippen LogP contribution < -0.4 is 94.1 Å². The van der Waals surface area contributed by atoms with Gasteiger partial charge in [-0.3, -0.25) is 91.3 Å². The molecule has 2 rings (SSSR count). The molecule has 0 spiro atoms. The first-order valence-corrected chi connectivity index (χ1v) is 54.1. The fraction of sp³-hybridized carbons (Fsp3) is 0.762. The average molecular weight is 2090 g/mol. The van der Waals surface area contributed by atoms with E-state index in [1.807, 2.05) is 27.7 Å². The Morgan fingerprint density at radius 2 is 0.689 bits per heavy atom. The van der Waals surface area contributed by atoms with Crippen LogP contribution in [0.2, 0.25) is 0 Å². The number of carbonyl (C=O) groups excluding carboxylic acids is 18. The highest BCUT2D eigenvalue weighted by atomic mass is 16.3. The van der Waals surface area contributed by atoms with E-state index in [-0.39, 0.29) is 164 Å². The first-order valence-electron chi connectivity index (χ1n) is 54.1. The number of amides is 10. The summed E-state index contributed by atoms with van der Waals surface area (Å²) in [5.74, 6) is -17.8. The number of H-pyrrole nitrogens is 2. The molecule has 2 aromatic heterocycles. The van der Waals surface area contributed by atoms with Crippen LogP contribution in [0.4, 0.5) is 0 Å². The summed E-state index contributed by atoms with van der Waals surface area (Å²) in [5, 5.41) is 51.5. The van der Waals surface area contributed by atoms with Gasteiger partial charge in [-0.15, -0.1) is 0 Å². The van der Waals surface area contributed by atoms with Crippen LogP contribution in [-0.4, -0.2) is 254 Å². The molecule has 2 aromatic rings. The van der Waals surface area contributed by atoms with Gasteiger partial charge >= 0.3 is 0 Å². The summed E-state index contributed by atoms with van der Waals surface area (Å²) in [7, 11) is 0. The van der Waals surface area contributed by atoms with Gasteiger partial charge in [-0.25, -0.2) is 9.97 Å². The third kappa shape index (κ3) is 60.9. The Labute approximate surface area is 875 Å². The monoisotopic (exact) mass is 2090 g/mol. The van der Waals surface area contributed by atoms with E-state index in [0.29, 0.717) is 115 Å². The van der Waals surface area contributed by atoms with Crippen molar-refractivity contribution >= 4 is 111 Å². The topological polar surface area (TPSA) is 768 Å². The molecule has 0 saturated heterocycles. The predicted octanol–water partition coefficient (Wildman–Crippen LogP) is 4.08. The summed E-state index contributed by atoms with van der Waals surface area (Å²) in [6, 6.07) is -8.26. The number of Topliss-reactive ketones (excluding diaryl/α,β-unsaturated/α-hetero) is 8. The predicted molar refractivity (Wildman–Crippen MR) is 566 cm³/mol. The van der Waals surface area contributed by atoms with Crippen molar-refractivity contribution in [2.24, 2.45) is 116 Å². The molecule has 0 aromatic carbocycles. The van der Waals surface area contributed by atoms with E-state index >= 15 is 0 Å². The number of nitrogens with one attached hydrogen (secondary N) is 10. The number of aliphatic imine (C=N–C) groups is 1. The fourth-order valence-corrected chi connectivity index (χ4v) is 17.5. The Hall–Kier alpha value is -10.6. The number of aliphatic hydroxyl groups excluding tert-OH is 3. The van der Waals surface area contributed by atoms with Crippen LogP contribution in [0.5, 0.6) is 0 Å². The van der Waals surface area contributed by atoms with Crippen molar-refractivity contribution in [1.82, 2.24) is 62.5 Å². The van der Waals surface area contributed by atoms with E-state index in [9.17, 15) is 102 Å². The number of aromatic amines is 2. The first kappa shape index (κ1) is 135. The van der Waals surface area contributed by atoms with Crippen LogP contribution in [0.3, 0.4) is 0 Å². The summed E-state index contributed by atoms with van der Waals surface area (Å²) in [5.41, 5.74) is 51.8. The highest BCUT2D eigenvalue weighted by molar-refractivity contribution is 6.00. The second-order valence-electron chi connectivity index (χ2n) is 40.4. The van der Waals surface area contributed by atoms with E-state index in [0.717, 1.165) is 32.1 Å². The molecule has 31 N–H and O–H groups in total. The van der Waals surface area contributed by atoms with Gasteiger partial charge in [-0.1, -0.05) is 145 Å². The van der Waals surface area contributed by atoms with Gasteiger partial charge in [0.25, 0.3) is 0 Å². The molecular formula is C105H186N22O21. The number of guanidine groups is 1. The van der Waals surface area contributed by atoms with Gasteiger partial charge in [-0.2, -0.15) is 0 Å². The molecule has 2 heterocycles. The lowest BCUT2D eigenvalue weighted by Gasteiger charge is -2.26. The molecule has 0 fully saturated rings. The van der Waals surface area contributed by atoms with Crippen molar-refractivity contribution in [3.05, 3.63) is 36.4 Å². The highest BCUT2D eigenvalue weighted by Gasteiger charge is 2.39. The van der Waals surface area contributed by atoms with E-state index in [2.05, 4.69) is 74.4 Å². The number of unbranched alkanes of at least 4 members (excludes halogenated alkanes) is 17. The van der Waals surface area contributed by atoms with Crippen molar-refractivity contribution in [3.63, 3.8) is 0 Å². The van der Waals surface area contributed by atoms with Gasteiger partial charge in [0.05, 0.1) is 80.9 Å². The maximum atomic E-state index is 14.5. The minimum Gasteiger partial charge on any atom is -0.396 e. The molecule has 0 aliphatic carbocycles. The normalized spacial score (nSPS) is 14.4. The molecule has 148 heavy (non-hydrogen) atoms. The number of hydrogen-bond donors (Lipinski definition) is 22. The lowest BCUT2D eigenvalue weighted by molar-refractivity contribution is -0.136. The number of primary amides is 2. The molecular weight excluding hydrogens is 1910 g/mol. The lowest BCUT2D eigenvalue weighted by Crippen LogP contribution is -2.50. The molecule has 0 bridgehead atoms. The van der Waals surface area contributed by atoms with Crippen molar-refractivity contribution in [2.75, 3.05) is 65.6 Å². The number of carbonyl (C=O) groups is 18. The van der Waals surface area contributed by atoms with Gasteiger partial charge in [0.2, 0.25) is 59.1 Å². The number of hydrogen-bond acceptors (Lipinski definition) is 29. The number of rotatable bonds is 91. The van der Waals surface area contributed by atoms with Crippen LogP contribution in [0, 0.1) is 59.2 Å². The Kier molecular flexibility index (Phi) is 74.4. The number of imidazole rings is 2. The Morgan fingerprint density at radius 3 is 1.10 bits per heavy atom. The number of ketones is 8. The highest BCUT2D eigenvalue weighted by Crippen LogP contribution is 2.27. The third-order valence-electron chi connectivity index (χ3n) is 26.4. The maximum Gasteiger partial charge on any atom is 0.239 e. The Morgan fingerprint density at radius 1 is 0.338 bits per heavy atom. The van der Waals surface area contributed by atoms with Crippen LogP contribution >= 0.6 is 0 Å². The third-order valence-corrected chi connectivity index (χ3v) is 26.4. The van der Waals surface area contributed by atoms with E-state index in [4.69, 9.17) is 51.6 Å². The van der Waals surface area contributed by atoms with Crippen LogP contribution in [0.15, 0.2) is 30.0 Å². The standard InChI is InChI=1S/C57H102N16O11.C48H84N6O10/c1-35(2)26-40(55(83)73-46(51(63)79)17-8-12-24-61)31-47(75)37(4)70-53(81)38(15-6-10-22-59)29-48(76)44(18-13-25-67-57(64)65)71-54(82)39(16-7-11-23-60)30-49(77)45(19-20-50(62)78)72-56(84)41(27-42-32-66-34-69-42)28-43(74)33-68-52(80)36(3)14-5-9-21-58;1-5-7-8-9-10-11-12-13-14-15-16-17-18-21-39(58)26-37(30-55)48(64)52-40(22-19-20-23-49)44(60)27-35(24-34(3)4)46(62)54-42(32-57)45(61)28-36(25-38-29-50-33-51-38)47(63)53-41(31-56)43(59)6-2/h32,34-41,44-46H,5-31,33,58-61H2,1-4H3,(H2,62,78)(H2,63,79)(H,66,69)(H,68,80)(H,70,81)(H,71,82)(H,72,84)(H,73,83)(H4,64,65,67);29,33-37,40-42,55-57H,5-28,30-32,49H2,1-4H3,(H,50,51)(H,52,64)(H,53,63)(H,54,62)/t36-,37-,38+,39+,40+,41+,44-,45-,46-;35-,36-,37+,40+,41+,42+/m01/s1. The summed E-state index contributed by atoms with van der Waals surface area (Å²) in [6.45, 7) is 14.1. The van der Waals surface area contributed by atoms with Gasteiger partial charge in [-0.05, 0) is 167 Å². The molecule has 0 saturated carbocycles. The Bertz CT molecular complexity index is 4250. The van der Waals surface area contributed by atoms with Crippen LogP contribution in [0.1, 0.15) is 343 Å². The average Bonchev–Trinajstić information content (AvgIpc) is 1.76. The summed E-state index contributed by atoms with van der Waals surface area (Å²) in [4.78, 5) is 261. The van der Waals surface area contributed by atoms with Crippen molar-refractivity contribution in [3.8, 4) is 0 Å². The summed E-state index contributed by atoms with van der Waals surface area (Å²) in [6.07, 6.45) is 26.2. The number of aromatic nitrogens is 4. The van der Waals surface area contributed by atoms with Gasteiger partial charge in [0.15, 0.2) is 46.4 Å². The quantitative estimate of drug-likeness (QED) is 0.0252. The zero-order valence-electron chi connectivity index (χ0n) is 89.7. The minimum atomic E-state index is -1.43. The number of nitrogens with zero attached hydrogens (tertiary/aromatic N) is 3.